The van der Waals surface area contributed by atoms with Gasteiger partial charge in [-0.3, -0.25) is 4.99 Å². The lowest BCUT2D eigenvalue weighted by Gasteiger charge is -2.39. The molecule has 5 nitrogen and oxygen atoms in total. The zero-order valence-electron chi connectivity index (χ0n) is 17.6. The molecular weight excluding hydrogens is 475 g/mol. The summed E-state index contributed by atoms with van der Waals surface area (Å²) in [5, 5.41) is 7.03. The molecule has 1 saturated heterocycles. The second kappa shape index (κ2) is 10.9. The van der Waals surface area contributed by atoms with Crippen LogP contribution in [0.1, 0.15) is 42.5 Å². The Hall–Kier alpha value is -1.64. The monoisotopic (exact) mass is 508 g/mol. The van der Waals surface area contributed by atoms with E-state index in [0.717, 1.165) is 31.7 Å². The van der Waals surface area contributed by atoms with Crippen molar-refractivity contribution in [3.63, 3.8) is 0 Å². The molecule has 0 saturated carbocycles. The number of aliphatic imine (C=N–C) groups is 1. The number of nitrogens with two attached hydrogens (primary N) is 1. The van der Waals surface area contributed by atoms with Gasteiger partial charge in [0.1, 0.15) is 0 Å². The Bertz CT molecular complexity index is 804. The van der Waals surface area contributed by atoms with E-state index in [2.05, 4.69) is 72.8 Å². The van der Waals surface area contributed by atoms with Crippen LogP contribution in [0.15, 0.2) is 53.5 Å². The van der Waals surface area contributed by atoms with Crippen LogP contribution in [0.3, 0.4) is 0 Å². The van der Waals surface area contributed by atoms with Crippen LogP contribution in [0.5, 0.6) is 0 Å². The number of rotatable bonds is 6. The average Bonchev–Trinajstić information content (AvgIpc) is 2.71. The first-order valence-corrected chi connectivity index (χ1v) is 10.0. The molecule has 1 unspecified atom stereocenters. The van der Waals surface area contributed by atoms with Crippen molar-refractivity contribution in [2.45, 2.75) is 45.2 Å². The molecule has 158 valence electrons. The molecule has 29 heavy (non-hydrogen) atoms. The van der Waals surface area contributed by atoms with Gasteiger partial charge in [0.25, 0.3) is 0 Å². The molecule has 0 spiro atoms. The fourth-order valence-corrected chi connectivity index (χ4v) is 3.64. The van der Waals surface area contributed by atoms with E-state index in [1.165, 1.54) is 16.7 Å². The minimum Gasteiger partial charge on any atom is -0.381 e. The highest BCUT2D eigenvalue weighted by Crippen LogP contribution is 2.26. The lowest BCUT2D eigenvalue weighted by molar-refractivity contribution is 0.0375. The molecule has 1 atom stereocenters. The Morgan fingerprint density at radius 3 is 2.45 bits per heavy atom. The third kappa shape index (κ3) is 6.69. The normalized spacial score (nSPS) is 17.3. The second-order valence-electron chi connectivity index (χ2n) is 7.79. The van der Waals surface area contributed by atoms with Crippen LogP contribution in [0.2, 0.25) is 0 Å². The van der Waals surface area contributed by atoms with Crippen molar-refractivity contribution in [3.8, 4) is 0 Å². The van der Waals surface area contributed by atoms with Gasteiger partial charge in [-0.1, -0.05) is 36.4 Å². The number of anilines is 1. The summed E-state index contributed by atoms with van der Waals surface area (Å²) in [7, 11) is 0. The van der Waals surface area contributed by atoms with Crippen molar-refractivity contribution < 1.29 is 4.74 Å². The van der Waals surface area contributed by atoms with E-state index in [1.54, 1.807) is 0 Å². The summed E-state index contributed by atoms with van der Waals surface area (Å²) in [4.78, 5) is 4.68. The smallest absolute Gasteiger partial charge is 0.193 e. The number of halogens is 1. The van der Waals surface area contributed by atoms with Crippen LogP contribution in [-0.2, 0) is 4.74 Å². The molecule has 0 bridgehead atoms. The number of hydrogen-bond acceptors (Lipinski definition) is 3. The van der Waals surface area contributed by atoms with Gasteiger partial charge in [0, 0.05) is 30.5 Å². The highest BCUT2D eigenvalue weighted by atomic mass is 127. The fraction of sp³-hybridized carbons (Fsp3) is 0.435. The fourth-order valence-electron chi connectivity index (χ4n) is 3.64. The minimum atomic E-state index is -0.108. The van der Waals surface area contributed by atoms with E-state index in [4.69, 9.17) is 10.5 Å². The number of ether oxygens (including phenoxy) is 1. The Morgan fingerprint density at radius 2 is 1.79 bits per heavy atom. The first kappa shape index (κ1) is 23.6. The molecule has 6 heteroatoms. The quantitative estimate of drug-likeness (QED) is 0.304. The summed E-state index contributed by atoms with van der Waals surface area (Å²) in [5.74, 6) is 0.447. The first-order chi connectivity index (χ1) is 13.5. The summed E-state index contributed by atoms with van der Waals surface area (Å²) in [6.07, 6.45) is 1.84. The van der Waals surface area contributed by atoms with E-state index < -0.39 is 0 Å². The van der Waals surface area contributed by atoms with Gasteiger partial charge < -0.3 is 21.1 Å². The molecule has 4 N–H and O–H groups in total. The van der Waals surface area contributed by atoms with Crippen LogP contribution in [0, 0.1) is 13.8 Å². The number of nitrogens with zero attached hydrogens (tertiary/aromatic N) is 1. The van der Waals surface area contributed by atoms with E-state index in [-0.39, 0.29) is 35.6 Å². The van der Waals surface area contributed by atoms with Gasteiger partial charge in [-0.15, -0.1) is 24.0 Å². The standard InChI is InChI=1S/C23H32N4O.HI/c1-17-9-10-21(15-18(17)2)26-22(24)25-16-23(11-13-28-14-12-23)27-19(3)20-7-5-4-6-8-20;/h4-10,15,19,27H,11-14,16H2,1-3H3,(H3,24,25,26);1H. The van der Waals surface area contributed by atoms with Crippen molar-refractivity contribution in [2.75, 3.05) is 25.1 Å². The zero-order valence-corrected chi connectivity index (χ0v) is 19.9. The maximum Gasteiger partial charge on any atom is 0.193 e. The van der Waals surface area contributed by atoms with Gasteiger partial charge in [0.2, 0.25) is 0 Å². The SMILES string of the molecule is Cc1ccc(NC(N)=NCC2(NC(C)c3ccccc3)CCOCC2)cc1C.I. The molecular formula is C23H33IN4O. The van der Waals surface area contributed by atoms with Crippen LogP contribution >= 0.6 is 24.0 Å². The number of benzene rings is 2. The van der Waals surface area contributed by atoms with Crippen molar-refractivity contribution in [1.29, 1.82) is 0 Å². The van der Waals surface area contributed by atoms with Gasteiger partial charge in [-0.25, -0.2) is 0 Å². The van der Waals surface area contributed by atoms with Crippen LogP contribution in [0.25, 0.3) is 0 Å². The molecule has 3 rings (SSSR count). The third-order valence-electron chi connectivity index (χ3n) is 5.60. The largest absolute Gasteiger partial charge is 0.381 e. The molecule has 1 aliphatic heterocycles. The highest BCUT2D eigenvalue weighted by molar-refractivity contribution is 14.0. The van der Waals surface area contributed by atoms with Crippen molar-refractivity contribution in [2.24, 2.45) is 10.7 Å². The van der Waals surface area contributed by atoms with E-state index in [0.29, 0.717) is 12.5 Å². The van der Waals surface area contributed by atoms with E-state index >= 15 is 0 Å². The number of nitrogens with one attached hydrogen (secondary N) is 2. The van der Waals surface area contributed by atoms with Crippen LogP contribution in [-0.4, -0.2) is 31.3 Å². The maximum absolute atomic E-state index is 6.19. The lowest BCUT2D eigenvalue weighted by atomic mass is 9.88. The highest BCUT2D eigenvalue weighted by Gasteiger charge is 2.33. The molecule has 2 aromatic rings. The molecule has 0 aromatic heterocycles. The van der Waals surface area contributed by atoms with Gasteiger partial charge >= 0.3 is 0 Å². The summed E-state index contributed by atoms with van der Waals surface area (Å²) in [5.41, 5.74) is 10.8. The predicted molar refractivity (Wildman–Crippen MR) is 132 cm³/mol. The third-order valence-corrected chi connectivity index (χ3v) is 5.60. The van der Waals surface area contributed by atoms with Crippen molar-refractivity contribution in [1.82, 2.24) is 5.32 Å². The Balaban J connectivity index is 0.00000300. The van der Waals surface area contributed by atoms with Crippen LogP contribution in [0.4, 0.5) is 5.69 Å². The summed E-state index contributed by atoms with van der Waals surface area (Å²) >= 11 is 0. The Morgan fingerprint density at radius 1 is 1.10 bits per heavy atom. The number of guanidine groups is 1. The van der Waals surface area contributed by atoms with Crippen molar-refractivity contribution >= 4 is 35.6 Å². The first-order valence-electron chi connectivity index (χ1n) is 10.0. The predicted octanol–water partition coefficient (Wildman–Crippen LogP) is 4.55. The number of aryl methyl sites for hydroxylation is 2. The van der Waals surface area contributed by atoms with Gasteiger partial charge in [0.15, 0.2) is 5.96 Å². The van der Waals surface area contributed by atoms with E-state index in [9.17, 15) is 0 Å². The van der Waals surface area contributed by atoms with Crippen molar-refractivity contribution in [3.05, 3.63) is 65.2 Å². The van der Waals surface area contributed by atoms with E-state index in [1.807, 2.05) is 12.1 Å². The number of hydrogen-bond donors (Lipinski definition) is 3. The van der Waals surface area contributed by atoms with Gasteiger partial charge in [-0.05, 0) is 62.4 Å². The summed E-state index contributed by atoms with van der Waals surface area (Å²) in [6.45, 7) is 8.51. The summed E-state index contributed by atoms with van der Waals surface area (Å²) < 4.78 is 5.60. The topological polar surface area (TPSA) is 71.7 Å². The summed E-state index contributed by atoms with van der Waals surface area (Å²) in [6, 6.07) is 17.0. The minimum absolute atomic E-state index is 0. The molecule has 2 aromatic carbocycles. The molecule has 1 heterocycles. The maximum atomic E-state index is 6.19. The molecule has 0 amide bonds. The Kier molecular flexibility index (Phi) is 8.92. The molecule has 0 radical (unpaired) electrons. The molecule has 1 aliphatic rings. The lowest BCUT2D eigenvalue weighted by Crippen LogP contribution is -2.53. The van der Waals surface area contributed by atoms with Gasteiger partial charge in [0.05, 0.1) is 6.54 Å². The second-order valence-corrected chi connectivity index (χ2v) is 7.79. The zero-order chi connectivity index (χ0) is 20.0. The molecule has 1 fully saturated rings. The van der Waals surface area contributed by atoms with Crippen LogP contribution < -0.4 is 16.4 Å². The Labute approximate surface area is 191 Å². The van der Waals surface area contributed by atoms with Gasteiger partial charge in [-0.2, -0.15) is 0 Å². The average molecular weight is 508 g/mol. The molecule has 0 aliphatic carbocycles.